The lowest BCUT2D eigenvalue weighted by Crippen LogP contribution is -2.40. The zero-order chi connectivity index (χ0) is 22.4. The van der Waals surface area contributed by atoms with Crippen molar-refractivity contribution in [1.29, 1.82) is 0 Å². The quantitative estimate of drug-likeness (QED) is 0.449. The van der Waals surface area contributed by atoms with E-state index in [1.807, 2.05) is 19.9 Å². The number of hydrogen-bond acceptors (Lipinski definition) is 4. The van der Waals surface area contributed by atoms with Crippen LogP contribution in [0.4, 0.5) is 10.1 Å². The van der Waals surface area contributed by atoms with Gasteiger partial charge >= 0.3 is 0 Å². The van der Waals surface area contributed by atoms with Gasteiger partial charge in [0.25, 0.3) is 15.9 Å². The Bertz CT molecular complexity index is 1190. The Labute approximate surface area is 181 Å². The topological polar surface area (TPSA) is 78.8 Å². The number of rotatable bonds is 7. The molecule has 31 heavy (non-hydrogen) atoms. The van der Waals surface area contributed by atoms with Gasteiger partial charge in [0.2, 0.25) is 0 Å². The first-order chi connectivity index (χ1) is 14.8. The number of carbonyl (C=O) groups excluding carboxylic acids is 1. The third-order valence-corrected chi connectivity index (χ3v) is 6.51. The van der Waals surface area contributed by atoms with Crippen molar-refractivity contribution in [2.75, 3.05) is 10.8 Å². The highest BCUT2D eigenvalue weighted by molar-refractivity contribution is 7.92. The first-order valence-electron chi connectivity index (χ1n) is 9.50. The van der Waals surface area contributed by atoms with E-state index >= 15 is 0 Å². The van der Waals surface area contributed by atoms with E-state index in [1.165, 1.54) is 42.6 Å². The number of halogens is 1. The third-order valence-electron chi connectivity index (χ3n) is 4.74. The molecule has 1 amide bonds. The van der Waals surface area contributed by atoms with E-state index in [1.54, 1.807) is 30.3 Å². The molecule has 0 spiro atoms. The van der Waals surface area contributed by atoms with E-state index in [2.05, 4.69) is 10.5 Å². The van der Waals surface area contributed by atoms with E-state index < -0.39 is 22.5 Å². The molecule has 3 aromatic rings. The molecule has 0 fully saturated rings. The van der Waals surface area contributed by atoms with E-state index in [4.69, 9.17) is 0 Å². The number of amides is 1. The van der Waals surface area contributed by atoms with Gasteiger partial charge in [-0.05, 0) is 60.9 Å². The molecule has 0 saturated carbocycles. The first kappa shape index (κ1) is 22.2. The lowest BCUT2D eigenvalue weighted by atomic mass is 10.1. The van der Waals surface area contributed by atoms with Crippen LogP contribution in [0.5, 0.6) is 0 Å². The van der Waals surface area contributed by atoms with E-state index in [0.717, 1.165) is 15.4 Å². The van der Waals surface area contributed by atoms with Crippen molar-refractivity contribution in [3.05, 3.63) is 95.3 Å². The van der Waals surface area contributed by atoms with Crippen molar-refractivity contribution < 1.29 is 17.6 Å². The number of carbonyl (C=O) groups is 1. The average Bonchev–Trinajstić information content (AvgIpc) is 2.76. The minimum absolute atomic E-state index is 0.0820. The Morgan fingerprint density at radius 3 is 2.35 bits per heavy atom. The van der Waals surface area contributed by atoms with Gasteiger partial charge in [-0.3, -0.25) is 9.10 Å². The fraction of sp³-hybridized carbons (Fsp3) is 0.130. The summed E-state index contributed by atoms with van der Waals surface area (Å²) >= 11 is 0. The smallest absolute Gasteiger partial charge is 0.264 e. The molecule has 0 bridgehead atoms. The van der Waals surface area contributed by atoms with Crippen LogP contribution in [0, 0.1) is 19.7 Å². The largest absolute Gasteiger partial charge is 0.271 e. The fourth-order valence-corrected chi connectivity index (χ4v) is 4.42. The number of anilines is 1. The van der Waals surface area contributed by atoms with Crippen LogP contribution in [0.3, 0.4) is 0 Å². The van der Waals surface area contributed by atoms with Crippen molar-refractivity contribution in [2.24, 2.45) is 5.10 Å². The molecule has 0 radical (unpaired) electrons. The minimum Gasteiger partial charge on any atom is -0.271 e. The van der Waals surface area contributed by atoms with Crippen LogP contribution in [-0.4, -0.2) is 27.1 Å². The Balaban J connectivity index is 1.87. The summed E-state index contributed by atoms with van der Waals surface area (Å²) in [7, 11) is -3.99. The van der Waals surface area contributed by atoms with Gasteiger partial charge in [0.05, 0.1) is 16.8 Å². The maximum absolute atomic E-state index is 13.3. The zero-order valence-electron chi connectivity index (χ0n) is 17.1. The van der Waals surface area contributed by atoms with Crippen molar-refractivity contribution in [3.63, 3.8) is 0 Å². The number of benzene rings is 3. The maximum atomic E-state index is 13.3. The summed E-state index contributed by atoms with van der Waals surface area (Å²) in [5.41, 5.74) is 5.00. The van der Waals surface area contributed by atoms with Crippen LogP contribution in [0.25, 0.3) is 0 Å². The van der Waals surface area contributed by atoms with Crippen LogP contribution >= 0.6 is 0 Å². The highest BCUT2D eigenvalue weighted by atomic mass is 32.2. The summed E-state index contributed by atoms with van der Waals surface area (Å²) in [5, 5.41) is 3.84. The van der Waals surface area contributed by atoms with Gasteiger partial charge in [0, 0.05) is 0 Å². The van der Waals surface area contributed by atoms with Crippen LogP contribution in [0.15, 0.2) is 82.8 Å². The molecule has 0 atom stereocenters. The van der Waals surface area contributed by atoms with Gasteiger partial charge in [-0.25, -0.2) is 18.2 Å². The summed E-state index contributed by atoms with van der Waals surface area (Å²) in [4.78, 5) is 12.6. The lowest BCUT2D eigenvalue weighted by molar-refractivity contribution is -0.119. The summed E-state index contributed by atoms with van der Waals surface area (Å²) in [6.45, 7) is 3.23. The molecule has 0 unspecified atom stereocenters. The summed E-state index contributed by atoms with van der Waals surface area (Å²) < 4.78 is 40.7. The number of aryl methyl sites for hydroxylation is 1. The van der Waals surface area contributed by atoms with E-state index in [9.17, 15) is 17.6 Å². The van der Waals surface area contributed by atoms with E-state index in [-0.39, 0.29) is 10.7 Å². The number of nitrogens with zero attached hydrogens (tertiary/aromatic N) is 2. The molecular weight excluding hydrogens is 417 g/mol. The molecule has 3 aromatic carbocycles. The van der Waals surface area contributed by atoms with Crippen molar-refractivity contribution in [2.45, 2.75) is 18.7 Å². The van der Waals surface area contributed by atoms with Crippen LogP contribution in [-0.2, 0) is 14.8 Å². The Morgan fingerprint density at radius 2 is 1.68 bits per heavy atom. The molecule has 0 aromatic heterocycles. The summed E-state index contributed by atoms with van der Waals surface area (Å²) in [6.07, 6.45) is 1.35. The lowest BCUT2D eigenvalue weighted by Gasteiger charge is -2.26. The number of sulfonamides is 1. The molecule has 0 heterocycles. The summed E-state index contributed by atoms with van der Waals surface area (Å²) in [6, 6.07) is 18.8. The number of hydrogen-bond donors (Lipinski definition) is 1. The predicted molar refractivity (Wildman–Crippen MR) is 119 cm³/mol. The SMILES string of the molecule is Cc1cccc(N(CC(=O)N/N=C\c2ccc(F)cc2)S(=O)(=O)c2ccccc2)c1C. The van der Waals surface area contributed by atoms with Crippen molar-refractivity contribution in [3.8, 4) is 0 Å². The molecular formula is C23H22FN3O3S. The molecule has 6 nitrogen and oxygen atoms in total. The van der Waals surface area contributed by atoms with Gasteiger partial charge in [-0.15, -0.1) is 0 Å². The van der Waals surface area contributed by atoms with Crippen LogP contribution in [0.2, 0.25) is 0 Å². The van der Waals surface area contributed by atoms with Gasteiger partial charge in [0.1, 0.15) is 12.4 Å². The normalized spacial score (nSPS) is 11.5. The van der Waals surface area contributed by atoms with Crippen molar-refractivity contribution >= 4 is 27.8 Å². The standard InChI is InChI=1S/C23H22FN3O3S/c1-17-7-6-10-22(18(17)2)27(31(29,30)21-8-4-3-5-9-21)16-23(28)26-25-15-19-11-13-20(24)14-12-19/h3-15H,16H2,1-2H3,(H,26,28)/b25-15-. The Kier molecular flexibility index (Phi) is 6.81. The van der Waals surface area contributed by atoms with Gasteiger partial charge in [-0.2, -0.15) is 5.10 Å². The molecule has 0 aliphatic rings. The minimum atomic E-state index is -3.99. The molecule has 3 rings (SSSR count). The number of nitrogens with one attached hydrogen (secondary N) is 1. The van der Waals surface area contributed by atoms with Crippen molar-refractivity contribution in [1.82, 2.24) is 5.43 Å². The molecule has 8 heteroatoms. The molecule has 0 aliphatic carbocycles. The first-order valence-corrected chi connectivity index (χ1v) is 10.9. The highest BCUT2D eigenvalue weighted by Gasteiger charge is 2.28. The second-order valence-electron chi connectivity index (χ2n) is 6.89. The Morgan fingerprint density at radius 1 is 1.00 bits per heavy atom. The van der Waals surface area contributed by atoms with Gasteiger partial charge in [0.15, 0.2) is 0 Å². The molecule has 0 saturated heterocycles. The maximum Gasteiger partial charge on any atom is 0.264 e. The highest BCUT2D eigenvalue weighted by Crippen LogP contribution is 2.28. The fourth-order valence-electron chi connectivity index (χ4n) is 2.92. The summed E-state index contributed by atoms with van der Waals surface area (Å²) in [5.74, 6) is -0.991. The van der Waals surface area contributed by atoms with Crippen LogP contribution < -0.4 is 9.73 Å². The van der Waals surface area contributed by atoms with Gasteiger partial charge < -0.3 is 0 Å². The molecule has 0 aliphatic heterocycles. The third kappa shape index (κ3) is 5.35. The monoisotopic (exact) mass is 439 g/mol. The van der Waals surface area contributed by atoms with Gasteiger partial charge in [-0.1, -0.05) is 42.5 Å². The average molecular weight is 440 g/mol. The number of hydrazone groups is 1. The predicted octanol–water partition coefficient (Wildman–Crippen LogP) is 3.79. The van der Waals surface area contributed by atoms with E-state index in [0.29, 0.717) is 11.3 Å². The van der Waals surface area contributed by atoms with Crippen LogP contribution in [0.1, 0.15) is 16.7 Å². The second-order valence-corrected chi connectivity index (χ2v) is 8.75. The molecule has 160 valence electrons. The second kappa shape index (κ2) is 9.53. The Hall–Kier alpha value is -3.52. The zero-order valence-corrected chi connectivity index (χ0v) is 17.9. The molecule has 1 N–H and O–H groups in total.